The van der Waals surface area contributed by atoms with Crippen molar-refractivity contribution in [2.24, 2.45) is 0 Å². The molecule has 3 heteroatoms. The van der Waals surface area contributed by atoms with Gasteiger partial charge in [-0.25, -0.2) is 0 Å². The molecule has 1 aromatic heterocycles. The smallest absolute Gasteiger partial charge is 0.142 e. The summed E-state index contributed by atoms with van der Waals surface area (Å²) in [6, 6.07) is 8.09. The second-order valence-electron chi connectivity index (χ2n) is 3.39. The molecule has 0 aliphatic carbocycles. The lowest BCUT2D eigenvalue weighted by Gasteiger charge is -2.09. The van der Waals surface area contributed by atoms with Crippen LogP contribution in [0.2, 0.25) is 0 Å². The van der Waals surface area contributed by atoms with Crippen molar-refractivity contribution in [1.29, 1.82) is 0 Å². The number of hydrogen-bond acceptors (Lipinski definition) is 3. The number of rotatable bonds is 2. The number of aryl methyl sites for hydroxylation is 1. The van der Waals surface area contributed by atoms with Crippen LogP contribution in [-0.2, 0) is 0 Å². The Labute approximate surface area is 93.3 Å². The largest absolute Gasteiger partial charge is 0.495 e. The highest BCUT2D eigenvalue weighted by atomic mass is 32.1. The van der Waals surface area contributed by atoms with Crippen LogP contribution in [0.5, 0.6) is 5.75 Å². The minimum absolute atomic E-state index is 0.690. The summed E-state index contributed by atoms with van der Waals surface area (Å²) in [5.74, 6) is 0.740. The van der Waals surface area contributed by atoms with Gasteiger partial charge in [0.15, 0.2) is 0 Å². The number of methoxy groups -OCH3 is 1. The third-order valence-corrected chi connectivity index (χ3v) is 3.27. The van der Waals surface area contributed by atoms with E-state index in [2.05, 4.69) is 18.4 Å². The predicted octanol–water partition coefficient (Wildman–Crippen LogP) is 3.31. The summed E-state index contributed by atoms with van der Waals surface area (Å²) in [6.45, 7) is 2.06. The van der Waals surface area contributed by atoms with Crippen LogP contribution in [0.25, 0.3) is 10.4 Å². The maximum absolute atomic E-state index is 5.83. The second kappa shape index (κ2) is 3.95. The van der Waals surface area contributed by atoms with Gasteiger partial charge in [-0.1, -0.05) is 6.07 Å². The first-order chi connectivity index (χ1) is 7.22. The minimum Gasteiger partial charge on any atom is -0.495 e. The second-order valence-corrected chi connectivity index (χ2v) is 4.33. The first kappa shape index (κ1) is 10.1. The Morgan fingerprint density at radius 2 is 2.13 bits per heavy atom. The van der Waals surface area contributed by atoms with E-state index in [9.17, 15) is 0 Å². The third kappa shape index (κ3) is 1.83. The zero-order valence-corrected chi connectivity index (χ0v) is 9.60. The average molecular weight is 219 g/mol. The summed E-state index contributed by atoms with van der Waals surface area (Å²) in [5.41, 5.74) is 8.89. The van der Waals surface area contributed by atoms with Gasteiger partial charge in [-0.3, -0.25) is 0 Å². The van der Waals surface area contributed by atoms with Crippen LogP contribution < -0.4 is 10.5 Å². The molecule has 0 radical (unpaired) electrons. The molecule has 1 aromatic carbocycles. The number of hydrogen-bond donors (Lipinski definition) is 1. The highest BCUT2D eigenvalue weighted by molar-refractivity contribution is 7.13. The molecule has 0 atom stereocenters. The molecule has 78 valence electrons. The molecule has 2 rings (SSSR count). The molecule has 0 unspecified atom stereocenters. The molecule has 0 spiro atoms. The van der Waals surface area contributed by atoms with Gasteiger partial charge in [-0.05, 0) is 41.6 Å². The van der Waals surface area contributed by atoms with E-state index in [1.54, 1.807) is 18.4 Å². The summed E-state index contributed by atoms with van der Waals surface area (Å²) in [6.07, 6.45) is 0. The highest BCUT2D eigenvalue weighted by Crippen LogP contribution is 2.34. The quantitative estimate of drug-likeness (QED) is 0.786. The number of nitrogen functional groups attached to an aromatic ring is 1. The molecule has 0 bridgehead atoms. The standard InChI is InChI=1S/C12H13NOS/c1-8-6-10(13)11(14-2)7-9(8)12-4-3-5-15-12/h3-7H,13H2,1-2H3. The van der Waals surface area contributed by atoms with Crippen molar-refractivity contribution in [3.8, 4) is 16.2 Å². The van der Waals surface area contributed by atoms with Crippen LogP contribution in [0.1, 0.15) is 5.56 Å². The summed E-state index contributed by atoms with van der Waals surface area (Å²) >= 11 is 1.72. The molecule has 2 N–H and O–H groups in total. The Kier molecular flexibility index (Phi) is 2.64. The Balaban J connectivity index is 2.57. The lowest BCUT2D eigenvalue weighted by Crippen LogP contribution is -1.94. The molecule has 0 fully saturated rings. The maximum Gasteiger partial charge on any atom is 0.142 e. The van der Waals surface area contributed by atoms with Crippen molar-refractivity contribution < 1.29 is 4.74 Å². The fourth-order valence-electron chi connectivity index (χ4n) is 1.58. The fraction of sp³-hybridized carbons (Fsp3) is 0.167. The van der Waals surface area contributed by atoms with Crippen molar-refractivity contribution in [1.82, 2.24) is 0 Å². The molecule has 0 amide bonds. The van der Waals surface area contributed by atoms with E-state index in [-0.39, 0.29) is 0 Å². The number of ether oxygens (including phenoxy) is 1. The number of nitrogens with two attached hydrogens (primary N) is 1. The Bertz CT molecular complexity index is 463. The van der Waals surface area contributed by atoms with Gasteiger partial charge in [-0.2, -0.15) is 0 Å². The van der Waals surface area contributed by atoms with Gasteiger partial charge in [0.2, 0.25) is 0 Å². The lowest BCUT2D eigenvalue weighted by atomic mass is 10.1. The maximum atomic E-state index is 5.83. The van der Waals surface area contributed by atoms with Crippen molar-refractivity contribution in [2.75, 3.05) is 12.8 Å². The van der Waals surface area contributed by atoms with E-state index >= 15 is 0 Å². The first-order valence-corrected chi connectivity index (χ1v) is 5.58. The number of thiophene rings is 1. The van der Waals surface area contributed by atoms with Gasteiger partial charge in [0, 0.05) is 4.88 Å². The van der Waals surface area contributed by atoms with E-state index in [1.807, 2.05) is 18.2 Å². The van der Waals surface area contributed by atoms with Gasteiger partial charge in [-0.15, -0.1) is 11.3 Å². The lowest BCUT2D eigenvalue weighted by molar-refractivity contribution is 0.417. The van der Waals surface area contributed by atoms with Crippen molar-refractivity contribution >= 4 is 17.0 Å². The summed E-state index contributed by atoms with van der Waals surface area (Å²) in [7, 11) is 1.64. The van der Waals surface area contributed by atoms with Crippen molar-refractivity contribution in [2.45, 2.75) is 6.92 Å². The van der Waals surface area contributed by atoms with Crippen LogP contribution in [0.4, 0.5) is 5.69 Å². The zero-order chi connectivity index (χ0) is 10.8. The van der Waals surface area contributed by atoms with Gasteiger partial charge in [0.25, 0.3) is 0 Å². The topological polar surface area (TPSA) is 35.2 Å². The molecular weight excluding hydrogens is 206 g/mol. The molecule has 0 aliphatic rings. The molecule has 1 heterocycles. The fourth-order valence-corrected chi connectivity index (χ4v) is 2.39. The van der Waals surface area contributed by atoms with E-state index in [1.165, 1.54) is 16.0 Å². The number of anilines is 1. The Morgan fingerprint density at radius 1 is 1.33 bits per heavy atom. The third-order valence-electron chi connectivity index (χ3n) is 2.36. The van der Waals surface area contributed by atoms with E-state index in [0.29, 0.717) is 5.69 Å². The normalized spacial score (nSPS) is 10.3. The Morgan fingerprint density at radius 3 is 2.73 bits per heavy atom. The van der Waals surface area contributed by atoms with Crippen molar-refractivity contribution in [3.63, 3.8) is 0 Å². The molecule has 2 nitrogen and oxygen atoms in total. The Hall–Kier alpha value is -1.48. The number of benzene rings is 1. The molecular formula is C12H13NOS. The van der Waals surface area contributed by atoms with Crippen LogP contribution in [0.15, 0.2) is 29.6 Å². The predicted molar refractivity (Wildman–Crippen MR) is 65.5 cm³/mol. The van der Waals surface area contributed by atoms with Gasteiger partial charge in [0.1, 0.15) is 5.75 Å². The van der Waals surface area contributed by atoms with Crippen LogP contribution in [0.3, 0.4) is 0 Å². The highest BCUT2D eigenvalue weighted by Gasteiger charge is 2.07. The van der Waals surface area contributed by atoms with Gasteiger partial charge < -0.3 is 10.5 Å². The molecule has 15 heavy (non-hydrogen) atoms. The summed E-state index contributed by atoms with van der Waals surface area (Å²) in [5, 5.41) is 2.07. The molecule has 0 aliphatic heterocycles. The van der Waals surface area contributed by atoms with E-state index in [0.717, 1.165) is 5.75 Å². The molecule has 0 saturated carbocycles. The summed E-state index contributed by atoms with van der Waals surface area (Å²) in [4.78, 5) is 1.24. The zero-order valence-electron chi connectivity index (χ0n) is 8.78. The van der Waals surface area contributed by atoms with Gasteiger partial charge in [0.05, 0.1) is 12.8 Å². The van der Waals surface area contributed by atoms with Crippen LogP contribution in [0, 0.1) is 6.92 Å². The summed E-state index contributed by atoms with van der Waals surface area (Å²) < 4.78 is 5.22. The van der Waals surface area contributed by atoms with E-state index < -0.39 is 0 Å². The van der Waals surface area contributed by atoms with Gasteiger partial charge >= 0.3 is 0 Å². The average Bonchev–Trinajstić information content (AvgIpc) is 2.71. The molecule has 2 aromatic rings. The first-order valence-electron chi connectivity index (χ1n) is 4.70. The van der Waals surface area contributed by atoms with Crippen molar-refractivity contribution in [3.05, 3.63) is 35.2 Å². The van der Waals surface area contributed by atoms with E-state index in [4.69, 9.17) is 10.5 Å². The SMILES string of the molecule is COc1cc(-c2cccs2)c(C)cc1N. The minimum atomic E-state index is 0.690. The molecule has 0 saturated heterocycles. The monoisotopic (exact) mass is 219 g/mol. The van der Waals surface area contributed by atoms with Crippen LogP contribution >= 0.6 is 11.3 Å². The van der Waals surface area contributed by atoms with Crippen LogP contribution in [-0.4, -0.2) is 7.11 Å².